The summed E-state index contributed by atoms with van der Waals surface area (Å²) in [6, 6.07) is 84.8. The zero-order valence-electron chi connectivity index (χ0n) is 37.7. The van der Waals surface area contributed by atoms with Gasteiger partial charge in [-0.3, -0.25) is 0 Å². The van der Waals surface area contributed by atoms with Crippen LogP contribution in [0.15, 0.2) is 243 Å². The van der Waals surface area contributed by atoms with E-state index in [-0.39, 0.29) is 0 Å². The van der Waals surface area contributed by atoms with Crippen molar-refractivity contribution in [3.63, 3.8) is 0 Å². The first-order valence-corrected chi connectivity index (χ1v) is 23.6. The molecule has 6 nitrogen and oxygen atoms in total. The zero-order chi connectivity index (χ0) is 46.2. The average Bonchev–Trinajstić information content (AvgIpc) is 3.94. The lowest BCUT2D eigenvalue weighted by atomic mass is 9.68. The van der Waals surface area contributed by atoms with Crippen molar-refractivity contribution in [3.05, 3.63) is 265 Å². The molecule has 6 heteroatoms. The largest absolute Gasteiger partial charge is 0.449 e. The molecule has 1 aliphatic heterocycles. The van der Waals surface area contributed by atoms with Crippen molar-refractivity contribution in [1.29, 1.82) is 0 Å². The van der Waals surface area contributed by atoms with Gasteiger partial charge in [-0.2, -0.15) is 0 Å². The zero-order valence-corrected chi connectivity index (χ0v) is 37.7. The SMILES string of the molecule is c1ccc(-c2nc(-c3ccc(-n4c5ccccc5c5ccccc54)cc3)nc(-c3cccc(-c4ccc5c(c4)Oc4ccc6c(c4O5)-c4ccccc4C6(c4ccccc4)c4ccccc4)c3)n2)cc1. The Morgan fingerprint density at radius 3 is 1.54 bits per heavy atom. The van der Waals surface area contributed by atoms with Crippen LogP contribution in [0, 0.1) is 0 Å². The maximum atomic E-state index is 6.95. The third-order valence-electron chi connectivity index (χ3n) is 14.0. The van der Waals surface area contributed by atoms with Crippen LogP contribution in [0.25, 0.3) is 83.9 Å². The maximum absolute atomic E-state index is 6.95. The molecular formula is C64H40N4O2. The molecule has 14 rings (SSSR count). The minimum atomic E-state index is -0.540. The molecule has 328 valence electrons. The minimum absolute atomic E-state index is 0.540. The lowest BCUT2D eigenvalue weighted by Gasteiger charge is -2.34. The van der Waals surface area contributed by atoms with Crippen molar-refractivity contribution < 1.29 is 9.47 Å². The number of benzene rings is 10. The van der Waals surface area contributed by atoms with Gasteiger partial charge in [-0.05, 0) is 99.6 Å². The fraction of sp³-hybridized carbons (Fsp3) is 0.0156. The molecule has 0 fully saturated rings. The molecule has 12 aromatic rings. The van der Waals surface area contributed by atoms with Crippen LogP contribution in [0.2, 0.25) is 0 Å². The number of ether oxygens (including phenoxy) is 2. The van der Waals surface area contributed by atoms with Crippen LogP contribution in [0.5, 0.6) is 23.0 Å². The molecular weight excluding hydrogens is 857 g/mol. The number of rotatable bonds is 7. The van der Waals surface area contributed by atoms with E-state index in [9.17, 15) is 0 Å². The molecule has 0 radical (unpaired) electrons. The van der Waals surface area contributed by atoms with Crippen molar-refractivity contribution in [2.45, 2.75) is 5.41 Å². The highest BCUT2D eigenvalue weighted by Gasteiger charge is 2.48. The van der Waals surface area contributed by atoms with Crippen LogP contribution in [0.4, 0.5) is 0 Å². The molecule has 0 bridgehead atoms. The van der Waals surface area contributed by atoms with Crippen molar-refractivity contribution in [1.82, 2.24) is 19.5 Å². The average molecular weight is 897 g/mol. The Morgan fingerprint density at radius 2 is 0.857 bits per heavy atom. The lowest BCUT2D eigenvalue weighted by molar-refractivity contribution is 0.360. The van der Waals surface area contributed by atoms with E-state index >= 15 is 0 Å². The van der Waals surface area contributed by atoms with E-state index in [1.54, 1.807) is 0 Å². The quantitative estimate of drug-likeness (QED) is 0.159. The van der Waals surface area contributed by atoms with Crippen molar-refractivity contribution in [3.8, 4) is 85.1 Å². The summed E-state index contributed by atoms with van der Waals surface area (Å²) in [5, 5.41) is 2.45. The molecule has 0 saturated heterocycles. The van der Waals surface area contributed by atoms with Gasteiger partial charge in [0.15, 0.2) is 40.5 Å². The van der Waals surface area contributed by atoms with Crippen LogP contribution in [0.1, 0.15) is 22.3 Å². The Bertz CT molecular complexity index is 3910. The maximum Gasteiger partial charge on any atom is 0.178 e. The first kappa shape index (κ1) is 39.7. The van der Waals surface area contributed by atoms with E-state index in [1.807, 2.05) is 36.4 Å². The summed E-state index contributed by atoms with van der Waals surface area (Å²) in [5.41, 5.74) is 14.5. The third-order valence-corrected chi connectivity index (χ3v) is 14.0. The van der Waals surface area contributed by atoms with Crippen molar-refractivity contribution in [2.75, 3.05) is 0 Å². The van der Waals surface area contributed by atoms with Crippen LogP contribution in [-0.4, -0.2) is 19.5 Å². The smallest absolute Gasteiger partial charge is 0.178 e. The van der Waals surface area contributed by atoms with E-state index in [2.05, 4.69) is 211 Å². The summed E-state index contributed by atoms with van der Waals surface area (Å²) >= 11 is 0. The second-order valence-electron chi connectivity index (χ2n) is 17.9. The summed E-state index contributed by atoms with van der Waals surface area (Å²) in [5.74, 6) is 4.50. The monoisotopic (exact) mass is 896 g/mol. The molecule has 1 aliphatic carbocycles. The molecule has 0 amide bonds. The molecule has 2 aromatic heterocycles. The highest BCUT2D eigenvalue weighted by atomic mass is 16.6. The Balaban J connectivity index is 0.821. The second kappa shape index (κ2) is 15.9. The number of nitrogens with zero attached hydrogens (tertiary/aromatic N) is 4. The van der Waals surface area contributed by atoms with E-state index in [0.717, 1.165) is 61.4 Å². The van der Waals surface area contributed by atoms with E-state index in [1.165, 1.54) is 33.0 Å². The Morgan fingerprint density at radius 1 is 0.343 bits per heavy atom. The summed E-state index contributed by atoms with van der Waals surface area (Å²) < 4.78 is 16.1. The summed E-state index contributed by atoms with van der Waals surface area (Å²) in [7, 11) is 0. The van der Waals surface area contributed by atoms with E-state index in [4.69, 9.17) is 24.4 Å². The number of hydrogen-bond acceptors (Lipinski definition) is 5. The van der Waals surface area contributed by atoms with Gasteiger partial charge < -0.3 is 14.0 Å². The van der Waals surface area contributed by atoms with Gasteiger partial charge in [0.05, 0.1) is 16.4 Å². The van der Waals surface area contributed by atoms with Crippen LogP contribution in [0.3, 0.4) is 0 Å². The summed E-state index contributed by atoms with van der Waals surface area (Å²) in [6.07, 6.45) is 0. The van der Waals surface area contributed by atoms with Gasteiger partial charge in [-0.15, -0.1) is 0 Å². The molecule has 0 spiro atoms. The van der Waals surface area contributed by atoms with Crippen molar-refractivity contribution in [2.24, 2.45) is 0 Å². The predicted molar refractivity (Wildman–Crippen MR) is 280 cm³/mol. The van der Waals surface area contributed by atoms with E-state index in [0.29, 0.717) is 34.7 Å². The molecule has 0 saturated carbocycles. The number of para-hydroxylation sites is 2. The first-order valence-electron chi connectivity index (χ1n) is 23.6. The van der Waals surface area contributed by atoms with Gasteiger partial charge in [0.2, 0.25) is 0 Å². The Kier molecular flexibility index (Phi) is 9.01. The molecule has 2 aliphatic rings. The second-order valence-corrected chi connectivity index (χ2v) is 17.9. The van der Waals surface area contributed by atoms with Crippen molar-refractivity contribution >= 4 is 21.8 Å². The molecule has 10 aromatic carbocycles. The minimum Gasteiger partial charge on any atom is -0.449 e. The summed E-state index contributed by atoms with van der Waals surface area (Å²) in [4.78, 5) is 15.3. The molecule has 0 unspecified atom stereocenters. The van der Waals surface area contributed by atoms with Gasteiger partial charge in [0.25, 0.3) is 0 Å². The fourth-order valence-electron chi connectivity index (χ4n) is 10.9. The molecule has 0 atom stereocenters. The van der Waals surface area contributed by atoms with Gasteiger partial charge in [0, 0.05) is 38.7 Å². The van der Waals surface area contributed by atoms with Gasteiger partial charge in [-0.25, -0.2) is 15.0 Å². The summed E-state index contributed by atoms with van der Waals surface area (Å²) in [6.45, 7) is 0. The highest BCUT2D eigenvalue weighted by molar-refractivity contribution is 6.09. The lowest BCUT2D eigenvalue weighted by Crippen LogP contribution is -2.28. The number of hydrogen-bond donors (Lipinski definition) is 0. The van der Waals surface area contributed by atoms with E-state index < -0.39 is 5.41 Å². The Hall–Kier alpha value is -9.39. The number of aromatic nitrogens is 4. The predicted octanol–water partition coefficient (Wildman–Crippen LogP) is 15.9. The Labute approximate surface area is 404 Å². The first-order chi connectivity index (χ1) is 34.7. The van der Waals surface area contributed by atoms with Crippen LogP contribution >= 0.6 is 0 Å². The van der Waals surface area contributed by atoms with Crippen LogP contribution in [-0.2, 0) is 5.41 Å². The standard InChI is InChI=1S/C64H40N4O2/c1-4-17-41(18-5-1)61-65-62(42-31-34-48(35-32-42)68-54-29-14-11-25-49(54)50-26-12-15-30-55(50)68)67-63(66-61)45-20-16-19-43(39-45)44-33-37-56-58(40-44)69-57-38-36-53-59(60(57)70-56)51-27-10-13-28-52(51)64(53,46-21-6-2-7-22-46)47-23-8-3-9-24-47/h1-40H. The number of fused-ring (bicyclic) bond motifs is 9. The van der Waals surface area contributed by atoms with Gasteiger partial charge >= 0.3 is 0 Å². The molecule has 3 heterocycles. The fourth-order valence-corrected chi connectivity index (χ4v) is 10.9. The van der Waals surface area contributed by atoms with Gasteiger partial charge in [0.1, 0.15) is 0 Å². The molecule has 70 heavy (non-hydrogen) atoms. The van der Waals surface area contributed by atoms with Gasteiger partial charge in [-0.1, -0.05) is 182 Å². The normalized spacial score (nSPS) is 12.9. The topological polar surface area (TPSA) is 62.1 Å². The third kappa shape index (κ3) is 6.17. The van der Waals surface area contributed by atoms with Crippen LogP contribution < -0.4 is 9.47 Å². The molecule has 0 N–H and O–H groups in total. The highest BCUT2D eigenvalue weighted by Crippen LogP contribution is 2.62.